The lowest BCUT2D eigenvalue weighted by molar-refractivity contribution is -0.132. The molecule has 0 atom stereocenters. The number of carboxylic acid groups (broad SMARTS) is 2. The van der Waals surface area contributed by atoms with Crippen molar-refractivity contribution in [3.8, 4) is 0 Å². The van der Waals surface area contributed by atoms with Crippen LogP contribution in [0.1, 0.15) is 0 Å². The lowest BCUT2D eigenvalue weighted by Crippen LogP contribution is -2.15. The molecule has 0 heterocycles. The zero-order chi connectivity index (χ0) is 33.5. The molecule has 0 aromatic heterocycles. The van der Waals surface area contributed by atoms with Crippen LogP contribution in [0.25, 0.3) is 0 Å². The van der Waals surface area contributed by atoms with Crippen LogP contribution in [0.4, 0.5) is 0 Å². The number of aliphatic hydroxyl groups excluding tert-OH is 15. The Labute approximate surface area is 231 Å². The van der Waals surface area contributed by atoms with E-state index < -0.39 is 42.5 Å². The van der Waals surface area contributed by atoms with E-state index in [2.05, 4.69) is 13.2 Å². The average molecular weight is 605 g/mol. The maximum absolute atomic E-state index is 9.25. The fourth-order valence-corrected chi connectivity index (χ4v) is 0.289. The summed E-state index contributed by atoms with van der Waals surface area (Å²) in [7, 11) is 0. The Morgan fingerprint density at radius 2 is 0.475 bits per heavy atom. The van der Waals surface area contributed by atoms with E-state index in [0.717, 1.165) is 12.2 Å². The van der Waals surface area contributed by atoms with Crippen LogP contribution in [0.2, 0.25) is 0 Å². The molecular weight excluding hydrogens is 556 g/mol. The first-order valence-electron chi connectivity index (χ1n) is 10.8. The zero-order valence-corrected chi connectivity index (χ0v) is 21.9. The molecule has 0 amide bonds. The van der Waals surface area contributed by atoms with E-state index in [4.69, 9.17) is 86.8 Å². The third kappa shape index (κ3) is 91.2. The van der Waals surface area contributed by atoms with Gasteiger partial charge in [0.15, 0.2) is 0 Å². The minimum Gasteiger partial charge on any atom is -0.478 e. The third-order valence-electron chi connectivity index (χ3n) is 2.46. The van der Waals surface area contributed by atoms with E-state index in [1.807, 2.05) is 0 Å². The van der Waals surface area contributed by atoms with Gasteiger partial charge in [-0.15, -0.1) is 0 Å². The molecule has 0 saturated heterocycles. The predicted molar refractivity (Wildman–Crippen MR) is 137 cm³/mol. The van der Waals surface area contributed by atoms with Crippen LogP contribution in [0.5, 0.6) is 0 Å². The van der Waals surface area contributed by atoms with E-state index in [-0.39, 0.29) is 66.1 Å². The van der Waals surface area contributed by atoms with Gasteiger partial charge in [-0.2, -0.15) is 0 Å². The monoisotopic (exact) mass is 604 g/mol. The molecule has 246 valence electrons. The van der Waals surface area contributed by atoms with E-state index in [9.17, 15) is 9.59 Å². The lowest BCUT2D eigenvalue weighted by Gasteiger charge is -1.96. The first-order chi connectivity index (χ1) is 18.6. The van der Waals surface area contributed by atoms with Crippen LogP contribution in [-0.2, 0) is 9.59 Å². The van der Waals surface area contributed by atoms with Gasteiger partial charge < -0.3 is 86.8 Å². The standard InChI is InChI=1S/5C3H8O3.2C3H4O2/c5*4-1-3(6)2-5;2*1-2-3(4)5/h5*3-6H,1-2H2;2*2H,1H2,(H,4,5). The second-order valence-corrected chi connectivity index (χ2v) is 6.18. The molecule has 40 heavy (non-hydrogen) atoms. The SMILES string of the molecule is C=CC(=O)O.C=CC(=O)O.OCC(O)CO.OCC(O)CO.OCC(O)CO.OCC(O)CO.OCC(O)CO. The molecule has 0 fully saturated rings. The summed E-state index contributed by atoms with van der Waals surface area (Å²) >= 11 is 0. The highest BCUT2D eigenvalue weighted by Gasteiger charge is 1.95. The van der Waals surface area contributed by atoms with Gasteiger partial charge in [-0.1, -0.05) is 13.2 Å². The largest absolute Gasteiger partial charge is 0.478 e. The lowest BCUT2D eigenvalue weighted by atomic mass is 10.4. The fraction of sp³-hybridized carbons (Fsp3) is 0.714. The Kier molecular flexibility index (Phi) is 67.1. The average Bonchev–Trinajstić information content (AvgIpc) is 3.00. The summed E-state index contributed by atoms with van der Waals surface area (Å²) < 4.78 is 0. The molecule has 0 bridgehead atoms. The summed E-state index contributed by atoms with van der Waals surface area (Å²) in [4.78, 5) is 18.5. The molecule has 0 spiro atoms. The molecule has 0 saturated carbocycles. The van der Waals surface area contributed by atoms with Gasteiger partial charge in [-0.3, -0.25) is 0 Å². The molecule has 0 aliphatic heterocycles. The molecule has 0 unspecified atom stereocenters. The highest BCUT2D eigenvalue weighted by molar-refractivity contribution is 5.79. The van der Waals surface area contributed by atoms with E-state index in [1.165, 1.54) is 0 Å². The molecule has 0 aromatic carbocycles. The van der Waals surface area contributed by atoms with Gasteiger partial charge in [0.1, 0.15) is 30.5 Å². The molecule has 0 radical (unpaired) electrons. The topological polar surface area (TPSA) is 378 Å². The van der Waals surface area contributed by atoms with Gasteiger partial charge in [0.05, 0.1) is 66.1 Å². The summed E-state index contributed by atoms with van der Waals surface area (Å²) in [5.74, 6) is -1.96. The van der Waals surface area contributed by atoms with Crippen LogP contribution >= 0.6 is 0 Å². The van der Waals surface area contributed by atoms with Crippen molar-refractivity contribution in [1.29, 1.82) is 0 Å². The van der Waals surface area contributed by atoms with E-state index in [1.54, 1.807) is 0 Å². The minimum absolute atomic E-state index is 0.365. The summed E-state index contributed by atoms with van der Waals surface area (Å²) in [6, 6.07) is 0. The van der Waals surface area contributed by atoms with Gasteiger partial charge in [0.2, 0.25) is 0 Å². The van der Waals surface area contributed by atoms with Gasteiger partial charge >= 0.3 is 11.9 Å². The van der Waals surface area contributed by atoms with Crippen LogP contribution in [-0.4, -0.2) is 195 Å². The number of hydrogen-bond donors (Lipinski definition) is 17. The number of carboxylic acids is 2. The maximum Gasteiger partial charge on any atom is 0.327 e. The molecular formula is C21H48O19. The number of hydrogen-bond acceptors (Lipinski definition) is 17. The van der Waals surface area contributed by atoms with E-state index in [0.29, 0.717) is 0 Å². The van der Waals surface area contributed by atoms with Gasteiger partial charge in [-0.25, -0.2) is 9.59 Å². The second kappa shape index (κ2) is 49.7. The molecule has 0 aliphatic carbocycles. The Hall–Kier alpha value is -2.18. The van der Waals surface area contributed by atoms with Crippen LogP contribution in [0.3, 0.4) is 0 Å². The first-order valence-corrected chi connectivity index (χ1v) is 10.8. The second-order valence-electron chi connectivity index (χ2n) is 6.18. The van der Waals surface area contributed by atoms with Crippen molar-refractivity contribution >= 4 is 11.9 Å². The Morgan fingerprint density at radius 1 is 0.400 bits per heavy atom. The number of rotatable bonds is 12. The Balaban J connectivity index is -0.0000000636. The predicted octanol–water partition coefficient (Wildman–Crippen LogP) is -7.83. The van der Waals surface area contributed by atoms with Gasteiger partial charge in [-0.05, 0) is 0 Å². The number of carbonyl (C=O) groups is 2. The Morgan fingerprint density at radius 3 is 0.475 bits per heavy atom. The summed E-state index contributed by atoms with van der Waals surface area (Å²) in [6.07, 6.45) is -3.10. The first kappa shape index (κ1) is 54.0. The summed E-state index contributed by atoms with van der Waals surface area (Å²) in [6.45, 7) is 2.28. The third-order valence-corrected chi connectivity index (χ3v) is 2.46. The van der Waals surface area contributed by atoms with Crippen molar-refractivity contribution in [2.45, 2.75) is 30.5 Å². The highest BCUT2D eigenvalue weighted by Crippen LogP contribution is 1.73. The smallest absolute Gasteiger partial charge is 0.327 e. The van der Waals surface area contributed by atoms with Crippen LogP contribution in [0, 0.1) is 0 Å². The number of aliphatic carboxylic acids is 2. The van der Waals surface area contributed by atoms with Crippen molar-refractivity contribution in [1.82, 2.24) is 0 Å². The van der Waals surface area contributed by atoms with E-state index >= 15 is 0 Å². The molecule has 0 rings (SSSR count). The molecule has 0 aliphatic rings. The molecule has 19 heteroatoms. The highest BCUT2D eigenvalue weighted by atomic mass is 16.4. The van der Waals surface area contributed by atoms with Crippen molar-refractivity contribution in [3.63, 3.8) is 0 Å². The molecule has 0 aromatic rings. The normalized spacial score (nSPS) is 9.10. The molecule has 17 N–H and O–H groups in total. The Bertz CT molecular complexity index is 399. The van der Waals surface area contributed by atoms with Crippen molar-refractivity contribution < 1.29 is 96.4 Å². The van der Waals surface area contributed by atoms with Gasteiger partial charge in [0.25, 0.3) is 0 Å². The maximum atomic E-state index is 9.25. The van der Waals surface area contributed by atoms with Crippen molar-refractivity contribution in [2.75, 3.05) is 66.1 Å². The summed E-state index contributed by atoms with van der Waals surface area (Å²) in [5, 5.41) is 135. The fourth-order valence-electron chi connectivity index (χ4n) is 0.289. The zero-order valence-electron chi connectivity index (χ0n) is 21.9. The van der Waals surface area contributed by atoms with Gasteiger partial charge in [0, 0.05) is 12.2 Å². The number of aliphatic hydroxyl groups is 15. The minimum atomic E-state index is -0.981. The molecule has 19 nitrogen and oxygen atoms in total. The van der Waals surface area contributed by atoms with Crippen LogP contribution < -0.4 is 0 Å². The van der Waals surface area contributed by atoms with Crippen molar-refractivity contribution in [3.05, 3.63) is 25.3 Å². The van der Waals surface area contributed by atoms with Crippen LogP contribution in [0.15, 0.2) is 25.3 Å². The quantitative estimate of drug-likeness (QED) is 0.0919. The van der Waals surface area contributed by atoms with Crippen molar-refractivity contribution in [2.24, 2.45) is 0 Å². The summed E-state index contributed by atoms with van der Waals surface area (Å²) in [5.41, 5.74) is 0.